The fourth-order valence-corrected chi connectivity index (χ4v) is 2.56. The molecular formula is C17H23NO4. The molecule has 0 spiro atoms. The number of rotatable bonds is 4. The summed E-state index contributed by atoms with van der Waals surface area (Å²) in [4.78, 5) is 14.1. The van der Waals surface area contributed by atoms with E-state index in [-0.39, 0.29) is 18.1 Å². The highest BCUT2D eigenvalue weighted by molar-refractivity contribution is 5.92. The maximum absolute atomic E-state index is 12.3. The lowest BCUT2D eigenvalue weighted by Gasteiger charge is -2.34. The molecular weight excluding hydrogens is 282 g/mol. The van der Waals surface area contributed by atoms with Gasteiger partial charge in [0.25, 0.3) is 0 Å². The first kappa shape index (κ1) is 16.4. The predicted molar refractivity (Wildman–Crippen MR) is 85.2 cm³/mol. The molecule has 0 unspecified atom stereocenters. The van der Waals surface area contributed by atoms with E-state index in [0.717, 1.165) is 5.56 Å². The van der Waals surface area contributed by atoms with Crippen LogP contribution in [0.1, 0.15) is 19.4 Å². The van der Waals surface area contributed by atoms with Crippen molar-refractivity contribution < 1.29 is 19.0 Å². The van der Waals surface area contributed by atoms with Crippen LogP contribution in [0, 0.1) is 0 Å². The standard InChI is InChI=1S/C17H23NO4/c1-12-10-18(11-13(2)22-12)17(19)6-5-14-7-15(20-3)9-16(8-14)21-4/h5-9,12-13H,10-11H2,1-4H3/b6-5+/t12-,13-/m1/s1. The maximum atomic E-state index is 12.3. The molecule has 1 saturated heterocycles. The summed E-state index contributed by atoms with van der Waals surface area (Å²) >= 11 is 0. The second-order valence-electron chi connectivity index (χ2n) is 5.48. The van der Waals surface area contributed by atoms with Crippen molar-refractivity contribution in [3.63, 3.8) is 0 Å². The molecule has 1 aromatic rings. The van der Waals surface area contributed by atoms with Gasteiger partial charge >= 0.3 is 0 Å². The van der Waals surface area contributed by atoms with Crippen molar-refractivity contribution in [1.82, 2.24) is 4.90 Å². The van der Waals surface area contributed by atoms with Gasteiger partial charge in [-0.1, -0.05) is 0 Å². The fraction of sp³-hybridized carbons (Fsp3) is 0.471. The lowest BCUT2D eigenvalue weighted by molar-refractivity contribution is -0.137. The summed E-state index contributed by atoms with van der Waals surface area (Å²) in [6.07, 6.45) is 3.49. The van der Waals surface area contributed by atoms with Crippen LogP contribution in [0.5, 0.6) is 11.5 Å². The van der Waals surface area contributed by atoms with Crippen LogP contribution in [-0.2, 0) is 9.53 Å². The molecule has 0 aliphatic carbocycles. The Labute approximate surface area is 131 Å². The van der Waals surface area contributed by atoms with Crippen LogP contribution in [0.15, 0.2) is 24.3 Å². The monoisotopic (exact) mass is 305 g/mol. The maximum Gasteiger partial charge on any atom is 0.246 e. The quantitative estimate of drug-likeness (QED) is 0.801. The Morgan fingerprint density at radius 2 is 1.68 bits per heavy atom. The minimum Gasteiger partial charge on any atom is -0.497 e. The summed E-state index contributed by atoms with van der Waals surface area (Å²) in [5.41, 5.74) is 0.860. The molecule has 0 radical (unpaired) electrons. The van der Waals surface area contributed by atoms with Crippen molar-refractivity contribution in [3.05, 3.63) is 29.8 Å². The van der Waals surface area contributed by atoms with Crippen LogP contribution in [-0.4, -0.2) is 50.3 Å². The van der Waals surface area contributed by atoms with E-state index in [9.17, 15) is 4.79 Å². The van der Waals surface area contributed by atoms with Gasteiger partial charge in [-0.15, -0.1) is 0 Å². The van der Waals surface area contributed by atoms with E-state index in [0.29, 0.717) is 24.6 Å². The number of methoxy groups -OCH3 is 2. The van der Waals surface area contributed by atoms with Crippen molar-refractivity contribution in [1.29, 1.82) is 0 Å². The smallest absolute Gasteiger partial charge is 0.246 e. The molecule has 2 rings (SSSR count). The summed E-state index contributed by atoms with van der Waals surface area (Å²) in [6.45, 7) is 5.20. The van der Waals surface area contributed by atoms with Crippen LogP contribution in [0.4, 0.5) is 0 Å². The van der Waals surface area contributed by atoms with E-state index in [1.807, 2.05) is 30.9 Å². The third-order valence-corrected chi connectivity index (χ3v) is 3.52. The number of carbonyl (C=O) groups is 1. The highest BCUT2D eigenvalue weighted by Crippen LogP contribution is 2.23. The summed E-state index contributed by atoms with van der Waals surface area (Å²) in [5, 5.41) is 0. The molecule has 1 aromatic carbocycles. The molecule has 1 amide bonds. The molecule has 0 N–H and O–H groups in total. The Balaban J connectivity index is 2.09. The van der Waals surface area contributed by atoms with Crippen LogP contribution in [0.2, 0.25) is 0 Å². The molecule has 0 saturated carbocycles. The largest absolute Gasteiger partial charge is 0.497 e. The molecule has 1 heterocycles. The summed E-state index contributed by atoms with van der Waals surface area (Å²) < 4.78 is 16.1. The molecule has 1 fully saturated rings. The lowest BCUT2D eigenvalue weighted by Crippen LogP contribution is -2.47. The predicted octanol–water partition coefficient (Wildman–Crippen LogP) is 2.35. The number of morpholine rings is 1. The highest BCUT2D eigenvalue weighted by Gasteiger charge is 2.24. The second kappa shape index (κ2) is 7.31. The minimum absolute atomic E-state index is 0.0104. The van der Waals surface area contributed by atoms with Gasteiger partial charge in [-0.2, -0.15) is 0 Å². The van der Waals surface area contributed by atoms with Gasteiger partial charge in [0.05, 0.1) is 26.4 Å². The molecule has 1 aliphatic heterocycles. The van der Waals surface area contributed by atoms with Gasteiger partial charge in [0.1, 0.15) is 11.5 Å². The van der Waals surface area contributed by atoms with Crippen molar-refractivity contribution in [2.45, 2.75) is 26.1 Å². The van der Waals surface area contributed by atoms with Crippen LogP contribution in [0.25, 0.3) is 6.08 Å². The SMILES string of the molecule is COc1cc(/C=C/C(=O)N2C[C@@H](C)O[C@H](C)C2)cc(OC)c1. The Kier molecular flexibility index (Phi) is 5.44. The Morgan fingerprint density at radius 3 is 2.18 bits per heavy atom. The first-order valence-electron chi connectivity index (χ1n) is 7.37. The Hall–Kier alpha value is -2.01. The van der Waals surface area contributed by atoms with Crippen LogP contribution >= 0.6 is 0 Å². The number of benzene rings is 1. The number of ether oxygens (including phenoxy) is 3. The third kappa shape index (κ3) is 4.24. The van der Waals surface area contributed by atoms with E-state index in [1.165, 1.54) is 0 Å². The molecule has 2 atom stereocenters. The normalized spacial score (nSPS) is 21.9. The van der Waals surface area contributed by atoms with E-state index in [1.54, 1.807) is 32.4 Å². The average molecular weight is 305 g/mol. The van der Waals surface area contributed by atoms with Gasteiger partial charge < -0.3 is 19.1 Å². The van der Waals surface area contributed by atoms with Crippen LogP contribution in [0.3, 0.4) is 0 Å². The number of hydrogen-bond donors (Lipinski definition) is 0. The third-order valence-electron chi connectivity index (χ3n) is 3.52. The van der Waals surface area contributed by atoms with Gasteiger partial charge in [0.15, 0.2) is 0 Å². The summed E-state index contributed by atoms with van der Waals surface area (Å²) in [7, 11) is 3.20. The van der Waals surface area contributed by atoms with E-state index < -0.39 is 0 Å². The highest BCUT2D eigenvalue weighted by atomic mass is 16.5. The topological polar surface area (TPSA) is 48.0 Å². The summed E-state index contributed by atoms with van der Waals surface area (Å²) in [6, 6.07) is 5.51. The van der Waals surface area contributed by atoms with E-state index in [4.69, 9.17) is 14.2 Å². The first-order valence-corrected chi connectivity index (χ1v) is 7.37. The van der Waals surface area contributed by atoms with Gasteiger partial charge in [-0.25, -0.2) is 0 Å². The van der Waals surface area contributed by atoms with E-state index in [2.05, 4.69) is 0 Å². The Bertz CT molecular complexity index is 523. The molecule has 1 aliphatic rings. The molecule has 5 heteroatoms. The van der Waals surface area contributed by atoms with Crippen molar-refractivity contribution >= 4 is 12.0 Å². The number of nitrogens with zero attached hydrogens (tertiary/aromatic N) is 1. The van der Waals surface area contributed by atoms with Gasteiger partial charge in [-0.05, 0) is 37.6 Å². The zero-order chi connectivity index (χ0) is 16.1. The molecule has 120 valence electrons. The van der Waals surface area contributed by atoms with Crippen molar-refractivity contribution in [2.24, 2.45) is 0 Å². The van der Waals surface area contributed by atoms with E-state index >= 15 is 0 Å². The Morgan fingerprint density at radius 1 is 1.14 bits per heavy atom. The average Bonchev–Trinajstić information content (AvgIpc) is 2.51. The second-order valence-corrected chi connectivity index (χ2v) is 5.48. The zero-order valence-electron chi connectivity index (χ0n) is 13.5. The number of hydrogen-bond acceptors (Lipinski definition) is 4. The number of carbonyl (C=O) groups excluding carboxylic acids is 1. The van der Waals surface area contributed by atoms with Gasteiger partial charge in [0, 0.05) is 25.2 Å². The molecule has 0 aromatic heterocycles. The first-order chi connectivity index (χ1) is 10.5. The lowest BCUT2D eigenvalue weighted by atomic mass is 10.1. The van der Waals surface area contributed by atoms with Crippen molar-refractivity contribution in [3.8, 4) is 11.5 Å². The zero-order valence-corrected chi connectivity index (χ0v) is 13.5. The molecule has 22 heavy (non-hydrogen) atoms. The minimum atomic E-state index is -0.0104. The van der Waals surface area contributed by atoms with Gasteiger partial charge in [0.2, 0.25) is 5.91 Å². The van der Waals surface area contributed by atoms with Crippen LogP contribution < -0.4 is 9.47 Å². The van der Waals surface area contributed by atoms with Gasteiger partial charge in [-0.3, -0.25) is 4.79 Å². The fourth-order valence-electron chi connectivity index (χ4n) is 2.56. The van der Waals surface area contributed by atoms with Crippen molar-refractivity contribution in [2.75, 3.05) is 27.3 Å². The number of amides is 1. The molecule has 5 nitrogen and oxygen atoms in total. The summed E-state index contributed by atoms with van der Waals surface area (Å²) in [5.74, 6) is 1.38. The molecule has 0 bridgehead atoms.